The van der Waals surface area contributed by atoms with Gasteiger partial charge in [0.2, 0.25) is 0 Å². The van der Waals surface area contributed by atoms with Gasteiger partial charge in [0, 0.05) is 18.9 Å². The Balaban J connectivity index is 1.68. The molecule has 2 aromatic heterocycles. The average Bonchev–Trinajstić information content (AvgIpc) is 3.16. The summed E-state index contributed by atoms with van der Waals surface area (Å²) in [6, 6.07) is 11.6. The van der Waals surface area contributed by atoms with Crippen LogP contribution in [-0.4, -0.2) is 14.8 Å². The van der Waals surface area contributed by atoms with E-state index in [0.717, 1.165) is 23.0 Å². The fourth-order valence-corrected chi connectivity index (χ4v) is 2.72. The van der Waals surface area contributed by atoms with E-state index < -0.39 is 11.6 Å². The minimum Gasteiger partial charge on any atom is -0.439 e. The van der Waals surface area contributed by atoms with E-state index >= 15 is 0 Å². The van der Waals surface area contributed by atoms with Gasteiger partial charge in [-0.2, -0.15) is 5.10 Å². The number of benzene rings is 2. The molecule has 0 aliphatic carbocycles. The van der Waals surface area contributed by atoms with Crippen molar-refractivity contribution in [3.8, 4) is 11.5 Å². The van der Waals surface area contributed by atoms with Crippen LogP contribution in [0.2, 0.25) is 0 Å². The van der Waals surface area contributed by atoms with Gasteiger partial charge in [0.25, 0.3) is 0 Å². The van der Waals surface area contributed by atoms with Gasteiger partial charge >= 0.3 is 0 Å². The highest BCUT2D eigenvalue weighted by Gasteiger charge is 2.15. The Morgan fingerprint density at radius 2 is 1.92 bits per heavy atom. The van der Waals surface area contributed by atoms with Gasteiger partial charge in [-0.1, -0.05) is 24.3 Å². The normalized spacial score (nSPS) is 11.3. The largest absolute Gasteiger partial charge is 0.439 e. The molecular formula is C18H13F2N3O. The predicted octanol–water partition coefficient (Wildman–Crippen LogP) is 4.10. The van der Waals surface area contributed by atoms with E-state index in [9.17, 15) is 8.78 Å². The maximum Gasteiger partial charge on any atom is 0.199 e. The summed E-state index contributed by atoms with van der Waals surface area (Å²) in [5.41, 5.74) is 2.29. The van der Waals surface area contributed by atoms with Crippen LogP contribution in [0.3, 0.4) is 0 Å². The lowest BCUT2D eigenvalue weighted by molar-refractivity contribution is 0.501. The molecule has 0 unspecified atom stereocenters. The quantitative estimate of drug-likeness (QED) is 0.570. The summed E-state index contributed by atoms with van der Waals surface area (Å²) < 4.78 is 33.8. The number of aromatic nitrogens is 3. The zero-order chi connectivity index (χ0) is 16.7. The Bertz CT molecular complexity index is 1040. The number of hydrogen-bond acceptors (Lipinski definition) is 3. The standard InChI is InChI=1S/C18H13F2N3O/c1-23-15-5-3-2-4-12(15)18(22-23)16-10-21-17(24-16)9-11-6-7-13(19)14(20)8-11/h2-8,10H,9H2,1H3. The van der Waals surface area contributed by atoms with Crippen molar-refractivity contribution in [2.45, 2.75) is 6.42 Å². The number of halogens is 2. The lowest BCUT2D eigenvalue weighted by Crippen LogP contribution is -1.91. The first-order chi connectivity index (χ1) is 11.6. The first-order valence-corrected chi connectivity index (χ1v) is 7.42. The van der Waals surface area contributed by atoms with E-state index in [2.05, 4.69) is 10.1 Å². The van der Waals surface area contributed by atoms with E-state index in [-0.39, 0.29) is 6.42 Å². The van der Waals surface area contributed by atoms with Crippen LogP contribution in [0.5, 0.6) is 0 Å². The van der Waals surface area contributed by atoms with Crippen molar-refractivity contribution >= 4 is 10.9 Å². The minimum atomic E-state index is -0.880. The van der Waals surface area contributed by atoms with Crippen LogP contribution in [0.1, 0.15) is 11.5 Å². The molecular weight excluding hydrogens is 312 g/mol. The number of rotatable bonds is 3. The Kier molecular flexibility index (Phi) is 3.37. The second-order valence-electron chi connectivity index (χ2n) is 5.53. The molecule has 6 heteroatoms. The van der Waals surface area contributed by atoms with E-state index in [1.807, 2.05) is 31.3 Å². The van der Waals surface area contributed by atoms with Crippen molar-refractivity contribution in [2.24, 2.45) is 7.05 Å². The zero-order valence-electron chi connectivity index (χ0n) is 12.8. The number of nitrogens with zero attached hydrogens (tertiary/aromatic N) is 3. The Hall–Kier alpha value is -3.02. The summed E-state index contributed by atoms with van der Waals surface area (Å²) in [6.07, 6.45) is 1.88. The van der Waals surface area contributed by atoms with E-state index in [1.54, 1.807) is 10.9 Å². The topological polar surface area (TPSA) is 43.9 Å². The fourth-order valence-electron chi connectivity index (χ4n) is 2.72. The van der Waals surface area contributed by atoms with Crippen molar-refractivity contribution in [3.05, 3.63) is 71.8 Å². The summed E-state index contributed by atoms with van der Waals surface area (Å²) in [5.74, 6) is -0.781. The molecule has 0 aliphatic heterocycles. The van der Waals surface area contributed by atoms with Gasteiger partial charge < -0.3 is 4.42 Å². The van der Waals surface area contributed by atoms with Crippen molar-refractivity contribution in [1.82, 2.24) is 14.8 Å². The predicted molar refractivity (Wildman–Crippen MR) is 85.4 cm³/mol. The highest BCUT2D eigenvalue weighted by atomic mass is 19.2. The molecule has 4 nitrogen and oxygen atoms in total. The second-order valence-corrected chi connectivity index (χ2v) is 5.53. The number of hydrogen-bond donors (Lipinski definition) is 0. The molecule has 0 N–H and O–H groups in total. The van der Waals surface area contributed by atoms with Gasteiger partial charge in [-0.15, -0.1) is 0 Å². The summed E-state index contributed by atoms with van der Waals surface area (Å²) in [6.45, 7) is 0. The van der Waals surface area contributed by atoms with Crippen LogP contribution in [0.25, 0.3) is 22.4 Å². The Morgan fingerprint density at radius 3 is 2.75 bits per heavy atom. The maximum atomic E-state index is 13.3. The number of aryl methyl sites for hydroxylation is 1. The molecule has 0 radical (unpaired) electrons. The smallest absolute Gasteiger partial charge is 0.199 e. The SMILES string of the molecule is Cn1nc(-c2cnc(Cc3ccc(F)c(F)c3)o2)c2ccccc21. The van der Waals surface area contributed by atoms with E-state index in [1.165, 1.54) is 6.07 Å². The van der Waals surface area contributed by atoms with Gasteiger partial charge in [0.05, 0.1) is 11.7 Å². The number of oxazole rings is 1. The molecule has 0 amide bonds. The summed E-state index contributed by atoms with van der Waals surface area (Å²) >= 11 is 0. The van der Waals surface area contributed by atoms with Crippen LogP contribution < -0.4 is 0 Å². The van der Waals surface area contributed by atoms with Crippen molar-refractivity contribution in [1.29, 1.82) is 0 Å². The number of para-hydroxylation sites is 1. The van der Waals surface area contributed by atoms with E-state index in [0.29, 0.717) is 22.9 Å². The third-order valence-corrected chi connectivity index (χ3v) is 3.88. The second kappa shape index (κ2) is 5.56. The summed E-state index contributed by atoms with van der Waals surface area (Å²) in [7, 11) is 1.87. The van der Waals surface area contributed by atoms with Crippen LogP contribution >= 0.6 is 0 Å². The van der Waals surface area contributed by atoms with Gasteiger partial charge in [0.1, 0.15) is 5.69 Å². The molecule has 0 fully saturated rings. The molecule has 120 valence electrons. The van der Waals surface area contributed by atoms with Gasteiger partial charge in [-0.25, -0.2) is 13.8 Å². The molecule has 24 heavy (non-hydrogen) atoms. The fraction of sp³-hybridized carbons (Fsp3) is 0.111. The van der Waals surface area contributed by atoms with Gasteiger partial charge in [0.15, 0.2) is 23.3 Å². The summed E-state index contributed by atoms with van der Waals surface area (Å²) in [4.78, 5) is 4.22. The zero-order valence-corrected chi connectivity index (χ0v) is 12.8. The first-order valence-electron chi connectivity index (χ1n) is 7.42. The van der Waals surface area contributed by atoms with Crippen LogP contribution in [0.4, 0.5) is 8.78 Å². The third kappa shape index (κ3) is 2.46. The molecule has 0 saturated heterocycles. The maximum absolute atomic E-state index is 13.3. The Labute approximate surface area is 136 Å². The monoisotopic (exact) mass is 325 g/mol. The van der Waals surface area contributed by atoms with Gasteiger partial charge in [-0.3, -0.25) is 4.68 Å². The minimum absolute atomic E-state index is 0.280. The van der Waals surface area contributed by atoms with E-state index in [4.69, 9.17) is 4.42 Å². The lowest BCUT2D eigenvalue weighted by Gasteiger charge is -1.98. The average molecular weight is 325 g/mol. The molecule has 2 aromatic carbocycles. The molecule has 4 rings (SSSR count). The molecule has 2 heterocycles. The lowest BCUT2D eigenvalue weighted by atomic mass is 10.1. The highest BCUT2D eigenvalue weighted by molar-refractivity contribution is 5.91. The molecule has 0 bridgehead atoms. The molecule has 0 aliphatic rings. The van der Waals surface area contributed by atoms with Crippen molar-refractivity contribution in [2.75, 3.05) is 0 Å². The summed E-state index contributed by atoms with van der Waals surface area (Å²) in [5, 5.41) is 5.45. The molecule has 0 spiro atoms. The highest BCUT2D eigenvalue weighted by Crippen LogP contribution is 2.28. The van der Waals surface area contributed by atoms with Crippen LogP contribution in [-0.2, 0) is 13.5 Å². The molecule has 0 atom stereocenters. The third-order valence-electron chi connectivity index (χ3n) is 3.88. The molecule has 4 aromatic rings. The van der Waals surface area contributed by atoms with Crippen LogP contribution in [0.15, 0.2) is 53.1 Å². The van der Waals surface area contributed by atoms with Crippen LogP contribution in [0, 0.1) is 11.6 Å². The van der Waals surface area contributed by atoms with Crippen molar-refractivity contribution < 1.29 is 13.2 Å². The molecule has 0 saturated carbocycles. The van der Waals surface area contributed by atoms with Crippen molar-refractivity contribution in [3.63, 3.8) is 0 Å². The first kappa shape index (κ1) is 14.6. The van der Waals surface area contributed by atoms with Gasteiger partial charge in [-0.05, 0) is 23.8 Å². The Morgan fingerprint density at radius 1 is 1.08 bits per heavy atom. The number of fused-ring (bicyclic) bond motifs is 1.